The number of hydrogen-bond donors (Lipinski definition) is 0. The minimum atomic E-state index is -3.28. The maximum Gasteiger partial charge on any atom is 0.303 e. The van der Waals surface area contributed by atoms with Gasteiger partial charge in [-0.15, -0.1) is 11.8 Å². The van der Waals surface area contributed by atoms with Crippen LogP contribution in [0.4, 0.5) is 0 Å². The van der Waals surface area contributed by atoms with Gasteiger partial charge in [0.1, 0.15) is 29.9 Å². The zero-order valence-electron chi connectivity index (χ0n) is 37.2. The second kappa shape index (κ2) is 20.0. The summed E-state index contributed by atoms with van der Waals surface area (Å²) in [6.45, 7) is 19.6. The number of thioether (sulfide) groups is 1. The van der Waals surface area contributed by atoms with E-state index in [1.807, 2.05) is 67.6 Å². The number of carbonyl (C=O) groups excluding carboxylic acids is 4. The van der Waals surface area contributed by atoms with Crippen molar-refractivity contribution in [1.82, 2.24) is 0 Å². The molecule has 3 aliphatic rings. The largest absolute Gasteiger partial charge is 0.456 e. The summed E-state index contributed by atoms with van der Waals surface area (Å²) in [5, 5.41) is 1.39. The number of benzene rings is 2. The van der Waals surface area contributed by atoms with E-state index in [1.165, 1.54) is 39.5 Å². The molecule has 5 rings (SSSR count). The molecule has 0 amide bonds. The number of esters is 4. The summed E-state index contributed by atoms with van der Waals surface area (Å²) in [5.74, 6) is -4.53. The second-order valence-corrected chi connectivity index (χ2v) is 22.9. The van der Waals surface area contributed by atoms with Crippen LogP contribution in [0, 0.1) is 0 Å². The highest BCUT2D eigenvalue weighted by molar-refractivity contribution is 7.99. The van der Waals surface area contributed by atoms with Crippen LogP contribution in [0.25, 0.3) is 0 Å². The Balaban J connectivity index is 1.54. The Morgan fingerprint density at radius 3 is 1.66 bits per heavy atom. The zero-order valence-corrected chi connectivity index (χ0v) is 39.0. The predicted molar refractivity (Wildman–Crippen MR) is 226 cm³/mol. The van der Waals surface area contributed by atoms with Crippen molar-refractivity contribution < 1.29 is 71.0 Å². The van der Waals surface area contributed by atoms with Crippen LogP contribution >= 0.6 is 11.8 Å². The average molecular weight is 891 g/mol. The van der Waals surface area contributed by atoms with Gasteiger partial charge in [-0.3, -0.25) is 19.2 Å². The van der Waals surface area contributed by atoms with Crippen molar-refractivity contribution in [1.29, 1.82) is 0 Å². The SMILES string of the molecule is CCS[C@H](OC[C@H]1O[C@@H]2OC(C)(C)O[C@@H]2[C@H]2OC(C)(C)O[C@H]21)[C@H](OC(C)=O)[C@@H](OC(C)=O)[C@@H](OC(C)=O)[C@@H](CO[Si](c1ccccc1)(c1ccccc1)C(C)(C)C)OC(C)=O. The van der Waals surface area contributed by atoms with E-state index in [1.54, 1.807) is 27.7 Å². The molecule has 0 aliphatic carbocycles. The molecule has 0 aromatic heterocycles. The van der Waals surface area contributed by atoms with Crippen LogP contribution in [-0.4, -0.2) is 123 Å². The molecule has 3 saturated heterocycles. The van der Waals surface area contributed by atoms with Crippen molar-refractivity contribution in [3.8, 4) is 0 Å². The third-order valence-corrected chi connectivity index (χ3v) is 16.5. The minimum Gasteiger partial charge on any atom is -0.456 e. The Labute approximate surface area is 364 Å². The minimum absolute atomic E-state index is 0.127. The van der Waals surface area contributed by atoms with Crippen LogP contribution in [0.5, 0.6) is 0 Å². The lowest BCUT2D eigenvalue weighted by molar-refractivity contribution is -0.247. The van der Waals surface area contributed by atoms with E-state index in [0.29, 0.717) is 5.75 Å². The van der Waals surface area contributed by atoms with Crippen LogP contribution in [-0.2, 0) is 71.0 Å². The fourth-order valence-electron chi connectivity index (χ4n) is 8.33. The van der Waals surface area contributed by atoms with Crippen LogP contribution in [0.1, 0.15) is 83.1 Å². The van der Waals surface area contributed by atoms with Crippen LogP contribution in [0.15, 0.2) is 60.7 Å². The number of fused-ring (bicyclic) bond motifs is 3. The van der Waals surface area contributed by atoms with Gasteiger partial charge < -0.3 is 51.8 Å². The molecule has 17 heteroatoms. The lowest BCUT2D eigenvalue weighted by Gasteiger charge is -2.44. The normalized spacial score (nSPS) is 25.5. The van der Waals surface area contributed by atoms with Gasteiger partial charge in [0.15, 0.2) is 42.3 Å². The Bertz CT molecular complexity index is 1770. The van der Waals surface area contributed by atoms with Crippen molar-refractivity contribution in [2.24, 2.45) is 0 Å². The van der Waals surface area contributed by atoms with Gasteiger partial charge >= 0.3 is 23.9 Å². The van der Waals surface area contributed by atoms with E-state index < -0.39 is 109 Å². The smallest absolute Gasteiger partial charge is 0.303 e. The molecule has 0 unspecified atom stereocenters. The molecule has 338 valence electrons. The van der Waals surface area contributed by atoms with E-state index in [-0.39, 0.29) is 13.2 Å². The van der Waals surface area contributed by atoms with Gasteiger partial charge in [-0.1, -0.05) is 88.4 Å². The van der Waals surface area contributed by atoms with Gasteiger partial charge in [0.25, 0.3) is 8.32 Å². The molecule has 3 aliphatic heterocycles. The molecular formula is C44H62O15SSi. The highest BCUT2D eigenvalue weighted by Gasteiger charge is 2.61. The zero-order chi connectivity index (χ0) is 44.9. The molecule has 0 spiro atoms. The highest BCUT2D eigenvalue weighted by Crippen LogP contribution is 2.45. The van der Waals surface area contributed by atoms with Gasteiger partial charge in [-0.05, 0) is 48.9 Å². The summed E-state index contributed by atoms with van der Waals surface area (Å²) < 4.78 is 68.8. The van der Waals surface area contributed by atoms with Gasteiger partial charge in [0.2, 0.25) is 0 Å². The molecule has 0 saturated carbocycles. The maximum atomic E-state index is 13.1. The first-order valence-electron chi connectivity index (χ1n) is 20.6. The molecule has 10 atom stereocenters. The van der Waals surface area contributed by atoms with Crippen molar-refractivity contribution >= 4 is 54.3 Å². The summed E-state index contributed by atoms with van der Waals surface area (Å²) in [7, 11) is -3.28. The van der Waals surface area contributed by atoms with E-state index in [9.17, 15) is 19.2 Å². The fraction of sp³-hybridized carbons (Fsp3) is 0.636. The third-order valence-electron chi connectivity index (χ3n) is 10.4. The summed E-state index contributed by atoms with van der Waals surface area (Å²) in [4.78, 5) is 52.1. The first kappa shape index (κ1) is 48.6. The van der Waals surface area contributed by atoms with Crippen LogP contribution in [0.3, 0.4) is 0 Å². The van der Waals surface area contributed by atoms with Crippen molar-refractivity contribution in [2.45, 2.75) is 160 Å². The van der Waals surface area contributed by atoms with E-state index in [0.717, 1.165) is 10.4 Å². The van der Waals surface area contributed by atoms with E-state index in [4.69, 9.17) is 51.8 Å². The van der Waals surface area contributed by atoms with Crippen molar-refractivity contribution in [2.75, 3.05) is 19.0 Å². The van der Waals surface area contributed by atoms with Crippen molar-refractivity contribution in [3.63, 3.8) is 0 Å². The highest BCUT2D eigenvalue weighted by atomic mass is 32.2. The number of rotatable bonds is 18. The second-order valence-electron chi connectivity index (χ2n) is 17.2. The molecule has 15 nitrogen and oxygen atoms in total. The van der Waals surface area contributed by atoms with E-state index >= 15 is 0 Å². The summed E-state index contributed by atoms with van der Waals surface area (Å²) in [6, 6.07) is 19.6. The lowest BCUT2D eigenvalue weighted by atomic mass is 9.99. The van der Waals surface area contributed by atoms with Gasteiger partial charge in [-0.25, -0.2) is 0 Å². The Kier molecular flexibility index (Phi) is 15.9. The number of ether oxygens (including phenoxy) is 10. The van der Waals surface area contributed by atoms with Crippen molar-refractivity contribution in [3.05, 3.63) is 60.7 Å². The monoisotopic (exact) mass is 890 g/mol. The lowest BCUT2D eigenvalue weighted by Crippen LogP contribution is -2.67. The summed E-state index contributed by atoms with van der Waals surface area (Å²) >= 11 is 1.25. The molecule has 2 aromatic rings. The Hall–Kier alpha value is -3.39. The fourth-order valence-corrected chi connectivity index (χ4v) is 13.8. The Morgan fingerprint density at radius 2 is 1.15 bits per heavy atom. The van der Waals surface area contributed by atoms with Gasteiger partial charge in [-0.2, -0.15) is 0 Å². The molecule has 2 aromatic carbocycles. The predicted octanol–water partition coefficient (Wildman–Crippen LogP) is 4.78. The number of carbonyl (C=O) groups is 4. The third kappa shape index (κ3) is 11.8. The topological polar surface area (TPSA) is 170 Å². The number of hydrogen-bond acceptors (Lipinski definition) is 16. The molecule has 0 N–H and O–H groups in total. The molecule has 61 heavy (non-hydrogen) atoms. The standard InChI is InChI=1S/C44H62O15SSi/c1-13-60-41(49-24-32-35-37(57-43(9,10)56-35)38-40(55-32)59-44(11,12)58-38)39(54-29(5)48)36(53-28(4)47)34(52-27(3)46)33(51-26(2)45)25-50-61(42(6,7)8,30-20-16-14-17-21-30)31-22-18-15-19-23-31/h14-23,32-41H,13,24-25H2,1-12H3/t32-,33-,34+,35+,36+,37+,38-,39-,40-,41+/m1/s1. The Morgan fingerprint density at radius 1 is 0.672 bits per heavy atom. The molecule has 3 fully saturated rings. The first-order chi connectivity index (χ1) is 28.6. The average Bonchev–Trinajstić information content (AvgIpc) is 3.67. The molecule has 0 bridgehead atoms. The molecular weight excluding hydrogens is 829 g/mol. The van der Waals surface area contributed by atoms with E-state index in [2.05, 4.69) is 20.8 Å². The quantitative estimate of drug-likeness (QED) is 0.0867. The first-order valence-corrected chi connectivity index (χ1v) is 23.6. The molecule has 3 heterocycles. The van der Waals surface area contributed by atoms with Gasteiger partial charge in [0.05, 0.1) is 13.2 Å². The summed E-state index contributed by atoms with van der Waals surface area (Å²) in [5.41, 5.74) is -1.07. The van der Waals surface area contributed by atoms with Crippen LogP contribution < -0.4 is 10.4 Å². The summed E-state index contributed by atoms with van der Waals surface area (Å²) in [6.07, 6.45) is -9.29. The maximum absolute atomic E-state index is 13.1. The van der Waals surface area contributed by atoms with Gasteiger partial charge in [0, 0.05) is 27.7 Å². The molecule has 0 radical (unpaired) electrons. The van der Waals surface area contributed by atoms with Crippen LogP contribution in [0.2, 0.25) is 5.04 Å².